The van der Waals surface area contributed by atoms with E-state index < -0.39 is 22.6 Å². The molecule has 0 aliphatic heterocycles. The van der Waals surface area contributed by atoms with Gasteiger partial charge in [-0.05, 0) is 20.3 Å². The molecule has 11 heteroatoms. The second-order valence-electron chi connectivity index (χ2n) is 6.51. The van der Waals surface area contributed by atoms with Crippen LogP contribution in [0.2, 0.25) is 0 Å². The standard InChI is InChI=1S/C18H24N6O5/c1-5-6-13(17(25)26)23(16-14(24(27)28)8-21-18(19)22-16)9-12-11(3)15(29-4)10(2)7-20-12/h7-8,13H,5-6,9H2,1-4H3,(H,25,26)(H2,19,21,22)/t13-/m1/s1. The Kier molecular flexibility index (Phi) is 6.86. The van der Waals surface area contributed by atoms with Gasteiger partial charge in [0.2, 0.25) is 11.8 Å². The van der Waals surface area contributed by atoms with Gasteiger partial charge in [-0.2, -0.15) is 4.98 Å². The molecular formula is C18H24N6O5. The third kappa shape index (κ3) is 4.68. The molecule has 3 N–H and O–H groups in total. The van der Waals surface area contributed by atoms with Gasteiger partial charge in [0.05, 0.1) is 24.3 Å². The van der Waals surface area contributed by atoms with E-state index in [2.05, 4.69) is 15.0 Å². The van der Waals surface area contributed by atoms with E-state index in [9.17, 15) is 20.0 Å². The summed E-state index contributed by atoms with van der Waals surface area (Å²) in [6.45, 7) is 5.43. The normalized spacial score (nSPS) is 11.7. The minimum atomic E-state index is -1.13. The van der Waals surface area contributed by atoms with Crippen molar-refractivity contribution < 1.29 is 19.6 Å². The van der Waals surface area contributed by atoms with Gasteiger partial charge in [-0.3, -0.25) is 15.1 Å². The van der Waals surface area contributed by atoms with Crippen LogP contribution in [0.25, 0.3) is 0 Å². The van der Waals surface area contributed by atoms with E-state index >= 15 is 0 Å². The number of carboxylic acid groups (broad SMARTS) is 1. The number of anilines is 2. The second kappa shape index (κ2) is 9.13. The average molecular weight is 404 g/mol. The fraction of sp³-hybridized carbons (Fsp3) is 0.444. The van der Waals surface area contributed by atoms with Crippen LogP contribution in [0.3, 0.4) is 0 Å². The Balaban J connectivity index is 2.66. The van der Waals surface area contributed by atoms with Crippen molar-refractivity contribution in [1.82, 2.24) is 15.0 Å². The minimum absolute atomic E-state index is 0.0310. The molecule has 0 saturated carbocycles. The van der Waals surface area contributed by atoms with Crippen molar-refractivity contribution in [2.75, 3.05) is 17.7 Å². The number of rotatable bonds is 9. The molecule has 2 heterocycles. The number of methoxy groups -OCH3 is 1. The molecule has 0 aliphatic carbocycles. The molecule has 11 nitrogen and oxygen atoms in total. The monoisotopic (exact) mass is 404 g/mol. The maximum Gasteiger partial charge on any atom is 0.329 e. The Labute approximate surface area is 167 Å². The lowest BCUT2D eigenvalue weighted by atomic mass is 10.1. The van der Waals surface area contributed by atoms with Gasteiger partial charge in [-0.15, -0.1) is 0 Å². The van der Waals surface area contributed by atoms with Crippen LogP contribution in [0.1, 0.15) is 36.6 Å². The Bertz CT molecular complexity index is 920. The Hall–Kier alpha value is -3.50. The number of nitro groups is 1. The first-order valence-electron chi connectivity index (χ1n) is 8.96. The zero-order valence-corrected chi connectivity index (χ0v) is 16.7. The summed E-state index contributed by atoms with van der Waals surface area (Å²) in [7, 11) is 1.53. The van der Waals surface area contributed by atoms with Crippen LogP contribution < -0.4 is 15.4 Å². The third-order valence-corrected chi connectivity index (χ3v) is 4.53. The SMILES string of the molecule is CCC[C@H](C(=O)O)N(Cc1ncc(C)c(OC)c1C)c1nc(N)ncc1[N+](=O)[O-]. The first-order chi connectivity index (χ1) is 13.7. The van der Waals surface area contributed by atoms with Gasteiger partial charge in [-0.25, -0.2) is 9.78 Å². The van der Waals surface area contributed by atoms with E-state index in [0.717, 1.165) is 11.8 Å². The van der Waals surface area contributed by atoms with Crippen LogP contribution >= 0.6 is 0 Å². The number of aliphatic carboxylic acids is 1. The van der Waals surface area contributed by atoms with Crippen LogP contribution in [-0.2, 0) is 11.3 Å². The number of nitrogens with zero attached hydrogens (tertiary/aromatic N) is 5. The molecule has 0 fully saturated rings. The highest BCUT2D eigenvalue weighted by atomic mass is 16.6. The molecule has 1 atom stereocenters. The summed E-state index contributed by atoms with van der Waals surface area (Å²) in [5.74, 6) is -0.865. The molecule has 156 valence electrons. The van der Waals surface area contributed by atoms with Crippen molar-refractivity contribution in [3.8, 4) is 5.75 Å². The number of carbonyl (C=O) groups is 1. The van der Waals surface area contributed by atoms with Crippen LogP contribution in [0.15, 0.2) is 12.4 Å². The van der Waals surface area contributed by atoms with Crippen molar-refractivity contribution in [3.63, 3.8) is 0 Å². The highest BCUT2D eigenvalue weighted by Crippen LogP contribution is 2.32. The van der Waals surface area contributed by atoms with E-state index in [4.69, 9.17) is 10.5 Å². The number of carboxylic acids is 1. The first kappa shape index (κ1) is 21.8. The van der Waals surface area contributed by atoms with Gasteiger partial charge >= 0.3 is 11.7 Å². The lowest BCUT2D eigenvalue weighted by Gasteiger charge is -2.30. The van der Waals surface area contributed by atoms with Crippen molar-refractivity contribution in [3.05, 3.63) is 39.3 Å². The molecule has 0 aromatic carbocycles. The predicted molar refractivity (Wildman–Crippen MR) is 106 cm³/mol. The van der Waals surface area contributed by atoms with Crippen LogP contribution in [-0.4, -0.2) is 44.1 Å². The van der Waals surface area contributed by atoms with E-state index in [1.807, 2.05) is 13.8 Å². The number of ether oxygens (including phenoxy) is 1. The summed E-state index contributed by atoms with van der Waals surface area (Å²) in [6.07, 6.45) is 3.38. The number of aryl methyl sites for hydroxylation is 1. The van der Waals surface area contributed by atoms with Gasteiger partial charge in [-0.1, -0.05) is 13.3 Å². The van der Waals surface area contributed by atoms with Crippen molar-refractivity contribution >= 4 is 23.4 Å². The fourth-order valence-electron chi connectivity index (χ4n) is 3.13. The summed E-state index contributed by atoms with van der Waals surface area (Å²) in [4.78, 5) is 36.3. The zero-order valence-electron chi connectivity index (χ0n) is 16.7. The molecule has 0 saturated heterocycles. The molecule has 2 aromatic rings. The molecule has 0 unspecified atom stereocenters. The van der Waals surface area contributed by atoms with E-state index in [1.54, 1.807) is 13.1 Å². The molecule has 0 bridgehead atoms. The molecule has 0 spiro atoms. The smallest absolute Gasteiger partial charge is 0.329 e. The van der Waals surface area contributed by atoms with Crippen molar-refractivity contribution in [2.24, 2.45) is 0 Å². The number of hydrogen-bond donors (Lipinski definition) is 2. The van der Waals surface area contributed by atoms with Gasteiger partial charge in [0.25, 0.3) is 0 Å². The van der Waals surface area contributed by atoms with Gasteiger partial charge in [0.15, 0.2) is 0 Å². The van der Waals surface area contributed by atoms with Crippen LogP contribution in [0.5, 0.6) is 5.75 Å². The number of hydrogen-bond acceptors (Lipinski definition) is 9. The second-order valence-corrected chi connectivity index (χ2v) is 6.51. The number of pyridine rings is 1. The molecule has 2 rings (SSSR count). The molecular weight excluding hydrogens is 380 g/mol. The maximum atomic E-state index is 12.0. The van der Waals surface area contributed by atoms with Crippen LogP contribution in [0, 0.1) is 24.0 Å². The number of nitrogen functional groups attached to an aromatic ring is 1. The van der Waals surface area contributed by atoms with Crippen molar-refractivity contribution in [1.29, 1.82) is 0 Å². The quantitative estimate of drug-likeness (QED) is 0.469. The summed E-state index contributed by atoms with van der Waals surface area (Å²) < 4.78 is 5.41. The van der Waals surface area contributed by atoms with E-state index in [0.29, 0.717) is 23.4 Å². The van der Waals surface area contributed by atoms with Gasteiger partial charge in [0, 0.05) is 17.3 Å². The summed E-state index contributed by atoms with van der Waals surface area (Å²) in [6, 6.07) is -1.07. The zero-order chi connectivity index (χ0) is 21.7. The first-order valence-corrected chi connectivity index (χ1v) is 8.96. The molecule has 0 amide bonds. The summed E-state index contributed by atoms with van der Waals surface area (Å²) in [5, 5.41) is 21.3. The molecule has 0 radical (unpaired) electrons. The summed E-state index contributed by atoms with van der Waals surface area (Å²) in [5.41, 5.74) is 7.26. The minimum Gasteiger partial charge on any atom is -0.496 e. The highest BCUT2D eigenvalue weighted by Gasteiger charge is 2.33. The van der Waals surface area contributed by atoms with E-state index in [-0.39, 0.29) is 24.7 Å². The van der Waals surface area contributed by atoms with Gasteiger partial charge in [0.1, 0.15) is 18.0 Å². The lowest BCUT2D eigenvalue weighted by Crippen LogP contribution is -2.42. The third-order valence-electron chi connectivity index (χ3n) is 4.53. The number of aromatic nitrogens is 3. The van der Waals surface area contributed by atoms with E-state index in [1.165, 1.54) is 12.0 Å². The summed E-state index contributed by atoms with van der Waals surface area (Å²) >= 11 is 0. The number of nitrogens with two attached hydrogens (primary N) is 1. The molecule has 0 aliphatic rings. The highest BCUT2D eigenvalue weighted by molar-refractivity contribution is 5.79. The lowest BCUT2D eigenvalue weighted by molar-refractivity contribution is -0.384. The molecule has 29 heavy (non-hydrogen) atoms. The Morgan fingerprint density at radius 3 is 2.62 bits per heavy atom. The van der Waals surface area contributed by atoms with Crippen molar-refractivity contribution in [2.45, 2.75) is 46.2 Å². The fourth-order valence-corrected chi connectivity index (χ4v) is 3.13. The Morgan fingerprint density at radius 1 is 1.38 bits per heavy atom. The van der Waals surface area contributed by atoms with Crippen LogP contribution in [0.4, 0.5) is 17.5 Å². The Morgan fingerprint density at radius 2 is 2.07 bits per heavy atom. The maximum absolute atomic E-state index is 12.0. The average Bonchev–Trinajstić information content (AvgIpc) is 2.66. The molecule has 2 aromatic heterocycles. The largest absolute Gasteiger partial charge is 0.496 e. The predicted octanol–water partition coefficient (Wildman–Crippen LogP) is 2.25. The van der Waals surface area contributed by atoms with Gasteiger partial charge < -0.3 is 20.5 Å². The topological polar surface area (TPSA) is 158 Å².